The van der Waals surface area contributed by atoms with Crippen LogP contribution in [0.25, 0.3) is 0 Å². The van der Waals surface area contributed by atoms with E-state index in [1.807, 2.05) is 0 Å². The number of imide groups is 1. The van der Waals surface area contributed by atoms with E-state index in [1.54, 1.807) is 6.92 Å². The predicted octanol–water partition coefficient (Wildman–Crippen LogP) is 1.54. The van der Waals surface area contributed by atoms with Gasteiger partial charge in [0.1, 0.15) is 5.82 Å². The molecule has 3 amide bonds. The molecule has 1 N–H and O–H groups in total. The number of rotatable bonds is 6. The zero-order valence-corrected chi connectivity index (χ0v) is 14.0. The van der Waals surface area contributed by atoms with Gasteiger partial charge in [-0.05, 0) is 31.5 Å². The first kappa shape index (κ1) is 18.6. The van der Waals surface area contributed by atoms with Gasteiger partial charge in [0.25, 0.3) is 5.91 Å². The molecule has 1 atom stereocenters. The third-order valence-electron chi connectivity index (χ3n) is 3.81. The number of hydrogen-bond acceptors (Lipinski definition) is 5. The molecule has 2 rings (SSSR count). The fourth-order valence-corrected chi connectivity index (χ4v) is 2.30. The highest BCUT2D eigenvalue weighted by atomic mass is 19.1. The molecular weight excluding hydrogens is 331 g/mol. The molecular formula is C17H19FN2O5. The zero-order valence-electron chi connectivity index (χ0n) is 14.0. The first-order valence-electron chi connectivity index (χ1n) is 7.87. The summed E-state index contributed by atoms with van der Waals surface area (Å²) in [7, 11) is 0. The number of carbonyl (C=O) groups excluding carboxylic acids is 4. The minimum atomic E-state index is -1.10. The van der Waals surface area contributed by atoms with Crippen LogP contribution in [0.4, 0.5) is 10.1 Å². The Labute approximate surface area is 144 Å². The van der Waals surface area contributed by atoms with Gasteiger partial charge in [-0.3, -0.25) is 24.1 Å². The Morgan fingerprint density at radius 2 is 1.92 bits per heavy atom. The van der Waals surface area contributed by atoms with Crippen LogP contribution in [-0.4, -0.2) is 41.2 Å². The highest BCUT2D eigenvalue weighted by molar-refractivity contribution is 6.02. The van der Waals surface area contributed by atoms with Crippen molar-refractivity contribution in [2.24, 2.45) is 0 Å². The lowest BCUT2D eigenvalue weighted by molar-refractivity contribution is -0.154. The van der Waals surface area contributed by atoms with Gasteiger partial charge in [-0.15, -0.1) is 0 Å². The number of nitrogens with zero attached hydrogens (tertiary/aromatic N) is 1. The van der Waals surface area contributed by atoms with E-state index < -0.39 is 23.8 Å². The number of benzene rings is 1. The molecule has 1 aromatic rings. The van der Waals surface area contributed by atoms with Crippen LogP contribution in [0.5, 0.6) is 0 Å². The average molecular weight is 350 g/mol. The molecule has 1 fully saturated rings. The van der Waals surface area contributed by atoms with Gasteiger partial charge in [0.15, 0.2) is 6.10 Å². The van der Waals surface area contributed by atoms with Gasteiger partial charge < -0.3 is 10.1 Å². The molecule has 0 aliphatic carbocycles. The maximum atomic E-state index is 13.5. The van der Waals surface area contributed by atoms with Crippen LogP contribution in [-0.2, 0) is 23.9 Å². The fourth-order valence-electron chi connectivity index (χ4n) is 2.30. The second kappa shape index (κ2) is 7.87. The number of anilines is 1. The number of likely N-dealkylation sites (tertiary alicyclic amines) is 1. The number of halogens is 1. The highest BCUT2D eigenvalue weighted by Gasteiger charge is 2.29. The summed E-state index contributed by atoms with van der Waals surface area (Å²) in [6.07, 6.45) is -0.977. The van der Waals surface area contributed by atoms with E-state index >= 15 is 0 Å². The minimum Gasteiger partial charge on any atom is -0.452 e. The molecule has 0 spiro atoms. The minimum absolute atomic E-state index is 0.0615. The summed E-state index contributed by atoms with van der Waals surface area (Å²) in [5.74, 6) is -2.40. The van der Waals surface area contributed by atoms with Gasteiger partial charge in [0.2, 0.25) is 11.8 Å². The monoisotopic (exact) mass is 350 g/mol. The largest absolute Gasteiger partial charge is 0.452 e. The summed E-state index contributed by atoms with van der Waals surface area (Å²) in [5, 5.41) is 2.45. The van der Waals surface area contributed by atoms with Crippen LogP contribution >= 0.6 is 0 Å². The maximum absolute atomic E-state index is 13.5. The van der Waals surface area contributed by atoms with Crippen molar-refractivity contribution in [1.82, 2.24) is 4.90 Å². The maximum Gasteiger partial charge on any atom is 0.308 e. The van der Waals surface area contributed by atoms with E-state index in [-0.39, 0.29) is 43.3 Å². The quantitative estimate of drug-likeness (QED) is 0.621. The van der Waals surface area contributed by atoms with Gasteiger partial charge >= 0.3 is 5.97 Å². The van der Waals surface area contributed by atoms with Crippen LogP contribution in [0.15, 0.2) is 18.2 Å². The third kappa shape index (κ3) is 4.85. The summed E-state index contributed by atoms with van der Waals surface area (Å²) in [5.41, 5.74) is 0.702. The lowest BCUT2D eigenvalue weighted by atomic mass is 10.2. The van der Waals surface area contributed by atoms with Crippen molar-refractivity contribution in [1.29, 1.82) is 0 Å². The van der Waals surface area contributed by atoms with Crippen LogP contribution in [0, 0.1) is 12.7 Å². The van der Waals surface area contributed by atoms with Crippen molar-refractivity contribution in [2.75, 3.05) is 11.9 Å². The van der Waals surface area contributed by atoms with Crippen LogP contribution < -0.4 is 5.32 Å². The van der Waals surface area contributed by atoms with E-state index in [0.717, 1.165) is 4.90 Å². The topological polar surface area (TPSA) is 92.8 Å². The highest BCUT2D eigenvalue weighted by Crippen LogP contribution is 2.15. The van der Waals surface area contributed by atoms with E-state index in [2.05, 4.69) is 5.32 Å². The van der Waals surface area contributed by atoms with Gasteiger partial charge in [-0.1, -0.05) is 6.07 Å². The molecule has 0 saturated carbocycles. The van der Waals surface area contributed by atoms with E-state index in [4.69, 9.17) is 4.74 Å². The Balaban J connectivity index is 1.81. The van der Waals surface area contributed by atoms with Gasteiger partial charge in [-0.25, -0.2) is 4.39 Å². The smallest absolute Gasteiger partial charge is 0.308 e. The summed E-state index contributed by atoms with van der Waals surface area (Å²) in [4.78, 5) is 47.6. The SMILES string of the molecule is Cc1ccc(NC(=O)C(C)OC(=O)CCN2C(=O)CCC2=O)cc1F. The molecule has 0 bridgehead atoms. The molecule has 25 heavy (non-hydrogen) atoms. The Kier molecular flexibility index (Phi) is 5.84. The Hall–Kier alpha value is -2.77. The van der Waals surface area contributed by atoms with Crippen molar-refractivity contribution < 1.29 is 28.3 Å². The molecule has 1 heterocycles. The summed E-state index contributed by atoms with van der Waals surface area (Å²) in [6, 6.07) is 4.23. The van der Waals surface area contributed by atoms with E-state index in [0.29, 0.717) is 5.56 Å². The molecule has 1 saturated heterocycles. The van der Waals surface area contributed by atoms with Crippen molar-refractivity contribution in [2.45, 2.75) is 39.2 Å². The van der Waals surface area contributed by atoms with Crippen LogP contribution in [0.3, 0.4) is 0 Å². The Morgan fingerprint density at radius 3 is 2.52 bits per heavy atom. The predicted molar refractivity (Wildman–Crippen MR) is 85.9 cm³/mol. The molecule has 1 aromatic carbocycles. The molecule has 0 radical (unpaired) electrons. The standard InChI is InChI=1S/C17H19FN2O5/c1-10-3-4-12(9-13(10)18)19-17(24)11(2)25-16(23)7-8-20-14(21)5-6-15(20)22/h3-4,9,11H,5-8H2,1-2H3,(H,19,24). The van der Waals surface area contributed by atoms with Gasteiger partial charge in [-0.2, -0.15) is 0 Å². The van der Waals surface area contributed by atoms with Gasteiger partial charge in [0.05, 0.1) is 6.42 Å². The second-order valence-corrected chi connectivity index (χ2v) is 5.77. The number of carbonyl (C=O) groups is 4. The van der Waals surface area contributed by atoms with Crippen molar-refractivity contribution >= 4 is 29.4 Å². The van der Waals surface area contributed by atoms with Crippen molar-refractivity contribution in [3.63, 3.8) is 0 Å². The summed E-state index contributed by atoms with van der Waals surface area (Å²) in [6.45, 7) is 2.92. The second-order valence-electron chi connectivity index (χ2n) is 5.77. The van der Waals surface area contributed by atoms with Crippen LogP contribution in [0.1, 0.15) is 31.7 Å². The Bertz CT molecular complexity index is 703. The molecule has 1 aliphatic heterocycles. The average Bonchev–Trinajstić information content (AvgIpc) is 2.87. The molecule has 8 heteroatoms. The lowest BCUT2D eigenvalue weighted by Crippen LogP contribution is -2.34. The molecule has 1 aliphatic rings. The number of esters is 1. The third-order valence-corrected chi connectivity index (χ3v) is 3.81. The van der Waals surface area contributed by atoms with Crippen LogP contribution in [0.2, 0.25) is 0 Å². The molecule has 0 aromatic heterocycles. The summed E-state index contributed by atoms with van der Waals surface area (Å²) >= 11 is 0. The first-order chi connectivity index (χ1) is 11.8. The fraction of sp³-hybridized carbons (Fsp3) is 0.412. The number of ether oxygens (including phenoxy) is 1. The van der Waals surface area contributed by atoms with Crippen molar-refractivity contribution in [3.8, 4) is 0 Å². The lowest BCUT2D eigenvalue weighted by Gasteiger charge is -2.16. The zero-order chi connectivity index (χ0) is 18.6. The van der Waals surface area contributed by atoms with E-state index in [9.17, 15) is 23.6 Å². The number of nitrogens with one attached hydrogen (secondary N) is 1. The first-order valence-corrected chi connectivity index (χ1v) is 7.87. The molecule has 7 nitrogen and oxygen atoms in total. The normalized spacial score (nSPS) is 15.2. The van der Waals surface area contributed by atoms with E-state index in [1.165, 1.54) is 25.1 Å². The number of aryl methyl sites for hydroxylation is 1. The van der Waals surface area contributed by atoms with Crippen molar-refractivity contribution in [3.05, 3.63) is 29.6 Å². The number of hydrogen-bond donors (Lipinski definition) is 1. The Morgan fingerprint density at radius 1 is 1.28 bits per heavy atom. The molecule has 134 valence electrons. The number of amides is 3. The molecule has 1 unspecified atom stereocenters. The summed E-state index contributed by atoms with van der Waals surface area (Å²) < 4.78 is 18.4. The van der Waals surface area contributed by atoms with Gasteiger partial charge in [0, 0.05) is 25.1 Å².